The van der Waals surface area contributed by atoms with Gasteiger partial charge < -0.3 is 41.0 Å². The minimum atomic E-state index is -0.803. The molecule has 0 aliphatic heterocycles. The first kappa shape index (κ1) is 33.0. The van der Waals surface area contributed by atoms with E-state index in [1.54, 1.807) is 45.3 Å². The lowest BCUT2D eigenvalue weighted by molar-refractivity contribution is -0.130. The molecule has 13 heteroatoms. The quantitative estimate of drug-likeness (QED) is 0.257. The third-order valence-corrected chi connectivity index (χ3v) is 6.17. The first-order valence-corrected chi connectivity index (χ1v) is 12.8. The molecule has 39 heavy (non-hydrogen) atoms. The van der Waals surface area contributed by atoms with E-state index >= 15 is 0 Å². The summed E-state index contributed by atoms with van der Waals surface area (Å²) in [7, 11) is 4.41. The molecule has 1 aromatic rings. The van der Waals surface area contributed by atoms with E-state index in [0.717, 1.165) is 0 Å². The Morgan fingerprint density at radius 3 is 2.05 bits per heavy atom. The van der Waals surface area contributed by atoms with Gasteiger partial charge in [-0.15, -0.1) is 0 Å². The predicted molar refractivity (Wildman–Crippen MR) is 146 cm³/mol. The maximum absolute atomic E-state index is 13.0. The lowest BCUT2D eigenvalue weighted by atomic mass is 9.96. The van der Waals surface area contributed by atoms with E-state index in [1.807, 2.05) is 13.8 Å². The van der Waals surface area contributed by atoms with Crippen LogP contribution in [0, 0.1) is 11.8 Å². The fourth-order valence-electron chi connectivity index (χ4n) is 3.20. The maximum atomic E-state index is 13.0. The number of rotatable bonds is 14. The van der Waals surface area contributed by atoms with Gasteiger partial charge in [-0.25, -0.2) is 14.4 Å². The summed E-state index contributed by atoms with van der Waals surface area (Å²) < 4.78 is 9.91. The van der Waals surface area contributed by atoms with Gasteiger partial charge in [0, 0.05) is 45.3 Å². The van der Waals surface area contributed by atoms with Gasteiger partial charge in [-0.3, -0.25) is 9.59 Å². The highest BCUT2D eigenvalue weighted by Gasteiger charge is 2.25. The number of methoxy groups -OCH3 is 1. The lowest BCUT2D eigenvalue weighted by Crippen LogP contribution is -2.46. The first-order chi connectivity index (χ1) is 18.3. The van der Waals surface area contributed by atoms with Crippen molar-refractivity contribution in [3.05, 3.63) is 29.8 Å². The summed E-state index contributed by atoms with van der Waals surface area (Å²) in [6.07, 6.45) is -0.303. The number of carbonyl (C=O) groups excluding carboxylic acids is 5. The average Bonchev–Trinajstić information content (AvgIpc) is 2.90. The number of hydrogen-bond acceptors (Lipinski definition) is 7. The number of likely N-dealkylation sites (N-methyl/N-ethyl adjacent to an activating group) is 2. The van der Waals surface area contributed by atoms with Gasteiger partial charge >= 0.3 is 18.2 Å². The summed E-state index contributed by atoms with van der Waals surface area (Å²) in [4.78, 5) is 62.8. The minimum absolute atomic E-state index is 0.0167. The van der Waals surface area contributed by atoms with Crippen molar-refractivity contribution in [3.63, 3.8) is 0 Å². The van der Waals surface area contributed by atoms with Gasteiger partial charge in [-0.2, -0.15) is 0 Å². The van der Waals surface area contributed by atoms with Gasteiger partial charge in [0.2, 0.25) is 11.8 Å². The van der Waals surface area contributed by atoms with Crippen LogP contribution in [0.4, 0.5) is 20.1 Å². The Morgan fingerprint density at radius 2 is 1.51 bits per heavy atom. The Kier molecular flexibility index (Phi) is 14.2. The summed E-state index contributed by atoms with van der Waals surface area (Å²) in [6.45, 7) is 6.50. The smallest absolute Gasteiger partial charge is 0.409 e. The van der Waals surface area contributed by atoms with Gasteiger partial charge in [0.05, 0.1) is 7.11 Å². The summed E-state index contributed by atoms with van der Waals surface area (Å²) in [6, 6.07) is 5.29. The van der Waals surface area contributed by atoms with Crippen molar-refractivity contribution in [2.45, 2.75) is 46.3 Å². The number of amides is 6. The number of urea groups is 1. The van der Waals surface area contributed by atoms with Gasteiger partial charge in [0.25, 0.3) is 0 Å². The largest absolute Gasteiger partial charge is 0.453 e. The van der Waals surface area contributed by atoms with E-state index in [4.69, 9.17) is 10.5 Å². The number of anilines is 1. The summed E-state index contributed by atoms with van der Waals surface area (Å²) in [5, 5.41) is 8.07. The second-order valence-corrected chi connectivity index (χ2v) is 9.58. The standard InChI is InChI=1S/C26H42N6O7/c1-17(2)18(3)22(33)30-21(8-7-13-28-24(27)35)23(34)29-20-11-9-19(10-12-20)16-39-26(37)32(5)15-14-31(4)25(36)38-6/h9-12,17-18,21H,7-8,13-16H2,1-6H3,(H,29,34)(H,30,33)(H3,27,28,35)/t18-,21-/m0/s1. The van der Waals surface area contributed by atoms with Gasteiger partial charge in [0.1, 0.15) is 12.6 Å². The van der Waals surface area contributed by atoms with Crippen LogP contribution in [-0.4, -0.2) is 86.7 Å². The third kappa shape index (κ3) is 12.4. The number of primary amides is 1. The highest BCUT2D eigenvalue weighted by Crippen LogP contribution is 2.14. The molecule has 0 unspecified atom stereocenters. The third-order valence-electron chi connectivity index (χ3n) is 6.17. The SMILES string of the molecule is COC(=O)N(C)CCN(C)C(=O)OCc1ccc(NC(=O)[C@H](CCCNC(N)=O)NC(=O)[C@@H](C)C(C)C)cc1. The molecule has 0 bridgehead atoms. The molecule has 0 aliphatic rings. The first-order valence-electron chi connectivity index (χ1n) is 12.8. The second kappa shape index (κ2) is 16.7. The molecule has 0 saturated heterocycles. The molecule has 0 aliphatic carbocycles. The van der Waals surface area contributed by atoms with Crippen LogP contribution in [0.5, 0.6) is 0 Å². The number of ether oxygens (including phenoxy) is 2. The number of nitrogens with one attached hydrogen (secondary N) is 3. The summed E-state index contributed by atoms with van der Waals surface area (Å²) >= 11 is 0. The molecule has 0 fully saturated rings. The number of nitrogens with zero attached hydrogens (tertiary/aromatic N) is 2. The van der Waals surface area contributed by atoms with Gasteiger partial charge in [-0.1, -0.05) is 32.9 Å². The van der Waals surface area contributed by atoms with Crippen LogP contribution in [-0.2, 0) is 25.7 Å². The fourth-order valence-corrected chi connectivity index (χ4v) is 3.20. The molecule has 0 spiro atoms. The van der Waals surface area contributed by atoms with Crippen LogP contribution < -0.4 is 21.7 Å². The van der Waals surface area contributed by atoms with E-state index in [2.05, 4.69) is 20.7 Å². The Hall–Kier alpha value is -4.03. The number of benzene rings is 1. The number of carbonyl (C=O) groups is 5. The average molecular weight is 551 g/mol. The Morgan fingerprint density at radius 1 is 0.923 bits per heavy atom. The minimum Gasteiger partial charge on any atom is -0.453 e. The zero-order chi connectivity index (χ0) is 29.5. The molecule has 0 radical (unpaired) electrons. The van der Waals surface area contributed by atoms with Crippen LogP contribution in [0.1, 0.15) is 39.2 Å². The summed E-state index contributed by atoms with van der Waals surface area (Å²) in [5.74, 6) is -0.796. The van der Waals surface area contributed by atoms with E-state index in [1.165, 1.54) is 16.9 Å². The Balaban J connectivity index is 2.67. The van der Waals surface area contributed by atoms with Crippen molar-refractivity contribution in [3.8, 4) is 0 Å². The molecule has 0 aromatic heterocycles. The number of nitrogens with two attached hydrogens (primary N) is 1. The molecule has 0 saturated carbocycles. The maximum Gasteiger partial charge on any atom is 0.409 e. The van der Waals surface area contributed by atoms with E-state index < -0.39 is 30.2 Å². The normalized spacial score (nSPS) is 12.1. The highest BCUT2D eigenvalue weighted by atomic mass is 16.6. The molecule has 218 valence electrons. The van der Waals surface area contributed by atoms with Gasteiger partial charge in [0.15, 0.2) is 0 Å². The fraction of sp³-hybridized carbons (Fsp3) is 0.577. The molecule has 6 amide bonds. The predicted octanol–water partition coefficient (Wildman–Crippen LogP) is 2.12. The molecular formula is C26H42N6O7. The van der Waals surface area contributed by atoms with E-state index in [9.17, 15) is 24.0 Å². The van der Waals surface area contributed by atoms with Crippen molar-refractivity contribution in [1.82, 2.24) is 20.4 Å². The monoisotopic (exact) mass is 550 g/mol. The zero-order valence-electron chi connectivity index (χ0n) is 23.6. The Labute approximate surface area is 229 Å². The molecule has 13 nitrogen and oxygen atoms in total. The van der Waals surface area contributed by atoms with Crippen molar-refractivity contribution < 1.29 is 33.4 Å². The van der Waals surface area contributed by atoms with Crippen molar-refractivity contribution in [2.24, 2.45) is 17.6 Å². The molecule has 1 rings (SSSR count). The van der Waals surface area contributed by atoms with E-state index in [0.29, 0.717) is 24.1 Å². The van der Waals surface area contributed by atoms with Crippen LogP contribution >= 0.6 is 0 Å². The van der Waals surface area contributed by atoms with Gasteiger partial charge in [-0.05, 0) is 36.5 Å². The van der Waals surface area contributed by atoms with Crippen LogP contribution in [0.25, 0.3) is 0 Å². The van der Waals surface area contributed by atoms with Crippen LogP contribution in [0.15, 0.2) is 24.3 Å². The van der Waals surface area contributed by atoms with Crippen molar-refractivity contribution >= 4 is 35.7 Å². The number of hydrogen-bond donors (Lipinski definition) is 4. The van der Waals surface area contributed by atoms with Crippen LogP contribution in [0.3, 0.4) is 0 Å². The van der Waals surface area contributed by atoms with E-state index in [-0.39, 0.29) is 44.0 Å². The molecule has 1 aromatic carbocycles. The molecular weight excluding hydrogens is 508 g/mol. The lowest BCUT2D eigenvalue weighted by Gasteiger charge is -2.22. The van der Waals surface area contributed by atoms with Crippen molar-refractivity contribution in [1.29, 1.82) is 0 Å². The second-order valence-electron chi connectivity index (χ2n) is 9.58. The molecule has 2 atom stereocenters. The highest BCUT2D eigenvalue weighted by molar-refractivity contribution is 5.97. The molecule has 0 heterocycles. The molecule has 5 N–H and O–H groups in total. The topological polar surface area (TPSA) is 172 Å². The van der Waals surface area contributed by atoms with Crippen molar-refractivity contribution in [2.75, 3.05) is 46.2 Å². The van der Waals surface area contributed by atoms with Crippen LogP contribution in [0.2, 0.25) is 0 Å². The Bertz CT molecular complexity index is 970. The zero-order valence-corrected chi connectivity index (χ0v) is 23.6. The summed E-state index contributed by atoms with van der Waals surface area (Å²) in [5.41, 5.74) is 6.29.